The standard InChI is InChI=1S/C13H20N4O2S/c1-2-20-13-5-3-4-12(13)15-9-6-10(16-14)8-11(7-9)17(18)19/h6-8,12-13,15-16H,2-5,14H2,1H3. The minimum absolute atomic E-state index is 0.0423. The fourth-order valence-electron chi connectivity index (χ4n) is 2.60. The largest absolute Gasteiger partial charge is 0.381 e. The SMILES string of the molecule is CCSC1CCCC1Nc1cc(NN)cc([N+](=O)[O-])c1. The van der Waals surface area contributed by atoms with E-state index in [0.717, 1.165) is 17.9 Å². The van der Waals surface area contributed by atoms with Gasteiger partial charge < -0.3 is 10.7 Å². The van der Waals surface area contributed by atoms with Gasteiger partial charge in [-0.05, 0) is 24.7 Å². The number of hydrogen-bond donors (Lipinski definition) is 3. The zero-order chi connectivity index (χ0) is 14.5. The van der Waals surface area contributed by atoms with Crippen LogP contribution in [0.1, 0.15) is 26.2 Å². The number of hydrogen-bond acceptors (Lipinski definition) is 6. The van der Waals surface area contributed by atoms with E-state index >= 15 is 0 Å². The molecule has 0 heterocycles. The molecule has 0 aromatic heterocycles. The highest BCUT2D eigenvalue weighted by atomic mass is 32.2. The molecule has 1 fully saturated rings. The summed E-state index contributed by atoms with van der Waals surface area (Å²) in [4.78, 5) is 10.5. The topological polar surface area (TPSA) is 93.2 Å². The second kappa shape index (κ2) is 6.81. The maximum Gasteiger partial charge on any atom is 0.273 e. The van der Waals surface area contributed by atoms with Crippen LogP contribution in [-0.4, -0.2) is 22.0 Å². The predicted molar refractivity (Wildman–Crippen MR) is 84.1 cm³/mol. The molecule has 0 saturated heterocycles. The summed E-state index contributed by atoms with van der Waals surface area (Å²) in [7, 11) is 0. The molecule has 0 bridgehead atoms. The van der Waals surface area contributed by atoms with E-state index in [1.807, 2.05) is 11.8 Å². The number of rotatable bonds is 6. The number of benzene rings is 1. The molecule has 0 radical (unpaired) electrons. The average molecular weight is 296 g/mol. The molecule has 6 nitrogen and oxygen atoms in total. The molecule has 0 aliphatic heterocycles. The van der Waals surface area contributed by atoms with Crippen LogP contribution in [0.2, 0.25) is 0 Å². The normalized spacial score (nSPS) is 21.7. The molecule has 0 spiro atoms. The van der Waals surface area contributed by atoms with Crippen molar-refractivity contribution >= 4 is 28.8 Å². The number of hydrazine groups is 1. The van der Waals surface area contributed by atoms with Crippen molar-refractivity contribution in [2.24, 2.45) is 5.84 Å². The van der Waals surface area contributed by atoms with Crippen LogP contribution in [0.5, 0.6) is 0 Å². The van der Waals surface area contributed by atoms with E-state index in [1.165, 1.54) is 18.9 Å². The third-order valence-corrected chi connectivity index (χ3v) is 4.81. The summed E-state index contributed by atoms with van der Waals surface area (Å²) in [6, 6.07) is 5.16. The van der Waals surface area contributed by atoms with Gasteiger partial charge in [0.25, 0.3) is 5.69 Å². The summed E-state index contributed by atoms with van der Waals surface area (Å²) in [5, 5.41) is 14.9. The number of non-ortho nitro benzene ring substituents is 1. The Morgan fingerprint density at radius 1 is 1.40 bits per heavy atom. The van der Waals surface area contributed by atoms with Gasteiger partial charge in [0.2, 0.25) is 0 Å². The van der Waals surface area contributed by atoms with Gasteiger partial charge in [-0.2, -0.15) is 11.8 Å². The van der Waals surface area contributed by atoms with Crippen molar-refractivity contribution in [2.75, 3.05) is 16.5 Å². The summed E-state index contributed by atoms with van der Waals surface area (Å²) in [5.74, 6) is 6.46. The first-order valence-electron chi connectivity index (χ1n) is 6.78. The number of thioether (sulfide) groups is 1. The van der Waals surface area contributed by atoms with Crippen LogP contribution < -0.4 is 16.6 Å². The lowest BCUT2D eigenvalue weighted by Crippen LogP contribution is -2.26. The Morgan fingerprint density at radius 2 is 2.15 bits per heavy atom. The van der Waals surface area contributed by atoms with Crippen molar-refractivity contribution < 1.29 is 4.92 Å². The van der Waals surface area contributed by atoms with Gasteiger partial charge in [0.05, 0.1) is 10.6 Å². The minimum atomic E-state index is -0.404. The molecule has 1 aromatic carbocycles. The van der Waals surface area contributed by atoms with Crippen LogP contribution >= 0.6 is 11.8 Å². The van der Waals surface area contributed by atoms with Crippen LogP contribution in [-0.2, 0) is 0 Å². The number of nitrogens with two attached hydrogens (primary N) is 1. The monoisotopic (exact) mass is 296 g/mol. The molecule has 2 unspecified atom stereocenters. The van der Waals surface area contributed by atoms with E-state index < -0.39 is 4.92 Å². The molecule has 20 heavy (non-hydrogen) atoms. The van der Waals surface area contributed by atoms with Gasteiger partial charge in [0.1, 0.15) is 0 Å². The van der Waals surface area contributed by atoms with E-state index in [2.05, 4.69) is 17.7 Å². The van der Waals surface area contributed by atoms with Gasteiger partial charge in [0, 0.05) is 29.1 Å². The first-order chi connectivity index (χ1) is 9.63. The van der Waals surface area contributed by atoms with Crippen LogP contribution in [0.3, 0.4) is 0 Å². The van der Waals surface area contributed by atoms with Gasteiger partial charge in [0.15, 0.2) is 0 Å². The van der Waals surface area contributed by atoms with Gasteiger partial charge in [-0.25, -0.2) is 0 Å². The highest BCUT2D eigenvalue weighted by Crippen LogP contribution is 2.33. The summed E-state index contributed by atoms with van der Waals surface area (Å²) in [6.45, 7) is 2.16. The number of anilines is 2. The van der Waals surface area contributed by atoms with Crippen molar-refractivity contribution in [2.45, 2.75) is 37.5 Å². The van der Waals surface area contributed by atoms with E-state index in [-0.39, 0.29) is 5.69 Å². The quantitative estimate of drug-likeness (QED) is 0.424. The highest BCUT2D eigenvalue weighted by Gasteiger charge is 2.27. The zero-order valence-corrected chi connectivity index (χ0v) is 12.3. The molecule has 2 rings (SSSR count). The Hall–Kier alpha value is -1.47. The molecular formula is C13H20N4O2S. The predicted octanol–water partition coefficient (Wildman–Crippen LogP) is 2.97. The molecule has 2 atom stereocenters. The second-order valence-corrected chi connectivity index (χ2v) is 6.36. The lowest BCUT2D eigenvalue weighted by Gasteiger charge is -2.21. The maximum absolute atomic E-state index is 10.9. The number of nitro benzene ring substituents is 1. The first kappa shape index (κ1) is 14.9. The first-order valence-corrected chi connectivity index (χ1v) is 7.83. The molecule has 7 heteroatoms. The van der Waals surface area contributed by atoms with Crippen LogP contribution in [0.15, 0.2) is 18.2 Å². The molecular weight excluding hydrogens is 276 g/mol. The molecule has 110 valence electrons. The Morgan fingerprint density at radius 3 is 2.80 bits per heavy atom. The van der Waals surface area contributed by atoms with E-state index in [0.29, 0.717) is 17.0 Å². The molecule has 1 aromatic rings. The Kier molecular flexibility index (Phi) is 5.08. The summed E-state index contributed by atoms with van der Waals surface area (Å²) in [6.07, 6.45) is 3.51. The van der Waals surface area contributed by atoms with Gasteiger partial charge in [-0.1, -0.05) is 13.3 Å². The lowest BCUT2D eigenvalue weighted by molar-refractivity contribution is -0.384. The third-order valence-electron chi connectivity index (χ3n) is 3.48. The molecule has 4 N–H and O–H groups in total. The van der Waals surface area contributed by atoms with E-state index in [1.54, 1.807) is 12.1 Å². The number of nitrogen functional groups attached to an aromatic ring is 1. The summed E-state index contributed by atoms with van der Waals surface area (Å²) < 4.78 is 0. The highest BCUT2D eigenvalue weighted by molar-refractivity contribution is 7.99. The zero-order valence-electron chi connectivity index (χ0n) is 11.5. The number of nitro groups is 1. The molecule has 1 aliphatic rings. The smallest absolute Gasteiger partial charge is 0.273 e. The van der Waals surface area contributed by atoms with Gasteiger partial charge in [-0.3, -0.25) is 16.0 Å². The Balaban J connectivity index is 2.15. The third kappa shape index (κ3) is 3.55. The molecule has 0 amide bonds. The second-order valence-electron chi connectivity index (χ2n) is 4.85. The average Bonchev–Trinajstić information content (AvgIpc) is 2.86. The van der Waals surface area contributed by atoms with Crippen LogP contribution in [0.4, 0.5) is 17.1 Å². The van der Waals surface area contributed by atoms with Crippen molar-refractivity contribution in [1.82, 2.24) is 0 Å². The fourth-order valence-corrected chi connectivity index (χ4v) is 3.80. The van der Waals surface area contributed by atoms with Crippen LogP contribution in [0.25, 0.3) is 0 Å². The summed E-state index contributed by atoms with van der Waals surface area (Å²) >= 11 is 1.95. The van der Waals surface area contributed by atoms with Crippen LogP contribution in [0, 0.1) is 10.1 Å². The molecule has 1 aliphatic carbocycles. The van der Waals surface area contributed by atoms with Gasteiger partial charge in [-0.15, -0.1) is 0 Å². The van der Waals surface area contributed by atoms with E-state index in [4.69, 9.17) is 5.84 Å². The maximum atomic E-state index is 10.9. The van der Waals surface area contributed by atoms with Crippen molar-refractivity contribution in [1.29, 1.82) is 0 Å². The number of nitrogens with zero attached hydrogens (tertiary/aromatic N) is 1. The number of nitrogens with one attached hydrogen (secondary N) is 2. The Bertz CT molecular complexity index is 483. The molecule has 1 saturated carbocycles. The van der Waals surface area contributed by atoms with Gasteiger partial charge >= 0.3 is 0 Å². The van der Waals surface area contributed by atoms with E-state index in [9.17, 15) is 10.1 Å². The van der Waals surface area contributed by atoms with Crippen molar-refractivity contribution in [3.8, 4) is 0 Å². The fraction of sp³-hybridized carbons (Fsp3) is 0.538. The summed E-state index contributed by atoms with van der Waals surface area (Å²) in [5.41, 5.74) is 3.81. The van der Waals surface area contributed by atoms with Crippen molar-refractivity contribution in [3.05, 3.63) is 28.3 Å². The lowest BCUT2D eigenvalue weighted by atomic mass is 10.2. The Labute approximate surface area is 122 Å². The van der Waals surface area contributed by atoms with Crippen molar-refractivity contribution in [3.63, 3.8) is 0 Å². The minimum Gasteiger partial charge on any atom is -0.381 e.